The number of nitrogens with zero attached hydrogens (tertiary/aromatic N) is 1. The zero-order valence-electron chi connectivity index (χ0n) is 33.9. The van der Waals surface area contributed by atoms with Crippen LogP contribution in [0.3, 0.4) is 0 Å². The van der Waals surface area contributed by atoms with E-state index in [-0.39, 0.29) is 17.8 Å². The van der Waals surface area contributed by atoms with Crippen molar-refractivity contribution >= 4 is 17.5 Å². The highest BCUT2D eigenvalue weighted by molar-refractivity contribution is 6.19. The largest absolute Gasteiger partial charge is 0.490 e. The van der Waals surface area contributed by atoms with Gasteiger partial charge in [-0.15, -0.1) is 30.5 Å². The number of nitrogens with two attached hydrogens (primary N) is 1. The third-order valence-corrected chi connectivity index (χ3v) is 8.77. The zero-order chi connectivity index (χ0) is 38.7. The number of rotatable bonds is 19. The molecule has 1 aliphatic carbocycles. The van der Waals surface area contributed by atoms with Gasteiger partial charge in [0.2, 0.25) is 5.91 Å². The number of alkyl halides is 1. The Morgan fingerprint density at radius 2 is 1.50 bits per heavy atom. The molecule has 2 N–H and O–H groups in total. The Balaban J connectivity index is -0.00000101. The number of hydrogen-bond acceptors (Lipinski definition) is 3. The molecule has 0 saturated carbocycles. The standard InChI is InChI=1S/C28H43ClFNO.C5H12.C5H10.C3H7NO.C3H4/c1-4-23(3)10-9-21-31(5-2)20-8-6-7-11-28(25-14-16-26(30)17-15-25)32-27-18-12-24(22-29)13-19-27;2*1-4-5(2)3;1-2-3(4)5;1-3-2/h12,14-18,23,28H,4-11,13,19-22H2,1-3H3;5H,4H2,1-3H3;2,4H2,1,3H3;2H2,1H3,(H2,4,5);1H,2H3. The highest BCUT2D eigenvalue weighted by Crippen LogP contribution is 2.30. The van der Waals surface area contributed by atoms with E-state index < -0.39 is 0 Å². The smallest absolute Gasteiger partial charge is 0.217 e. The van der Waals surface area contributed by atoms with E-state index in [4.69, 9.17) is 16.3 Å². The number of allylic oxidation sites excluding steroid dienone is 5. The van der Waals surface area contributed by atoms with Gasteiger partial charge in [-0.05, 0) is 114 Å². The van der Waals surface area contributed by atoms with Crippen LogP contribution in [0.5, 0.6) is 0 Å². The molecule has 1 aromatic carbocycles. The van der Waals surface area contributed by atoms with Crippen LogP contribution < -0.4 is 5.73 Å². The van der Waals surface area contributed by atoms with Crippen LogP contribution in [0.25, 0.3) is 0 Å². The van der Waals surface area contributed by atoms with E-state index in [1.54, 1.807) is 13.8 Å². The van der Waals surface area contributed by atoms with Gasteiger partial charge >= 0.3 is 0 Å². The summed E-state index contributed by atoms with van der Waals surface area (Å²) in [6.07, 6.45) is 21.8. The molecule has 0 radical (unpaired) electrons. The summed E-state index contributed by atoms with van der Waals surface area (Å²) >= 11 is 5.95. The van der Waals surface area contributed by atoms with E-state index in [1.807, 2.05) is 19.1 Å². The van der Waals surface area contributed by atoms with Crippen LogP contribution in [0.4, 0.5) is 4.39 Å². The molecule has 1 aromatic rings. The Hall–Kier alpha value is -2.55. The third-order valence-electron chi connectivity index (χ3n) is 8.43. The Bertz CT molecular complexity index is 1040. The van der Waals surface area contributed by atoms with Gasteiger partial charge in [-0.3, -0.25) is 4.79 Å². The molecule has 0 fully saturated rings. The Morgan fingerprint density at radius 3 is 1.90 bits per heavy atom. The van der Waals surface area contributed by atoms with Crippen molar-refractivity contribution in [3.8, 4) is 12.3 Å². The summed E-state index contributed by atoms with van der Waals surface area (Å²) in [6, 6.07) is 6.79. The lowest BCUT2D eigenvalue weighted by atomic mass is 10.0. The minimum atomic E-state index is -0.245. The number of primary amides is 1. The summed E-state index contributed by atoms with van der Waals surface area (Å²) in [6.45, 7) is 28.3. The summed E-state index contributed by atoms with van der Waals surface area (Å²) in [4.78, 5) is 12.2. The Labute approximate surface area is 314 Å². The monoisotopic (exact) mass is 719 g/mol. The van der Waals surface area contributed by atoms with Crippen molar-refractivity contribution in [3.63, 3.8) is 0 Å². The summed E-state index contributed by atoms with van der Waals surface area (Å²) < 4.78 is 19.8. The molecular formula is C44H76ClFN2O2. The minimum absolute atomic E-state index is 0.0226. The lowest BCUT2D eigenvalue weighted by Crippen LogP contribution is -2.26. The molecule has 0 heterocycles. The Morgan fingerprint density at radius 1 is 0.960 bits per heavy atom. The molecule has 1 amide bonds. The van der Waals surface area contributed by atoms with Gasteiger partial charge in [0.15, 0.2) is 0 Å². The zero-order valence-corrected chi connectivity index (χ0v) is 34.6. The molecule has 0 bridgehead atoms. The highest BCUT2D eigenvalue weighted by atomic mass is 35.5. The van der Waals surface area contributed by atoms with Crippen molar-refractivity contribution in [2.45, 2.75) is 152 Å². The number of amides is 1. The van der Waals surface area contributed by atoms with Gasteiger partial charge < -0.3 is 15.4 Å². The second-order valence-electron chi connectivity index (χ2n) is 13.4. The molecule has 4 nitrogen and oxygen atoms in total. The predicted molar refractivity (Wildman–Crippen MR) is 220 cm³/mol. The second kappa shape index (κ2) is 36.2. The summed E-state index contributed by atoms with van der Waals surface area (Å²) in [7, 11) is 0. The fourth-order valence-corrected chi connectivity index (χ4v) is 4.38. The van der Waals surface area contributed by atoms with E-state index in [0.717, 1.165) is 61.8 Å². The molecule has 2 rings (SSSR count). The van der Waals surface area contributed by atoms with Crippen molar-refractivity contribution < 1.29 is 13.9 Å². The van der Waals surface area contributed by atoms with Gasteiger partial charge in [-0.1, -0.05) is 104 Å². The van der Waals surface area contributed by atoms with Crippen LogP contribution in [0.1, 0.15) is 158 Å². The summed E-state index contributed by atoms with van der Waals surface area (Å²) in [5.74, 6) is 5.12. The van der Waals surface area contributed by atoms with Crippen molar-refractivity contribution in [3.05, 3.63) is 71.3 Å². The maximum Gasteiger partial charge on any atom is 0.217 e. The fourth-order valence-electron chi connectivity index (χ4n) is 4.16. The number of carbonyl (C=O) groups is 1. The molecule has 0 saturated heterocycles. The SMILES string of the molecule is C#CC.C=C(C)CC.CCC(C)C.CCC(C)CCCN(CC)CCCCCC(OC1=CC=C(CCl)CC1)c1ccc(F)cc1.CCC(N)=O. The van der Waals surface area contributed by atoms with Gasteiger partial charge in [-0.2, -0.15) is 0 Å². The number of unbranched alkanes of at least 4 members (excludes halogenated alkanes) is 2. The summed E-state index contributed by atoms with van der Waals surface area (Å²) in [5.41, 5.74) is 8.21. The van der Waals surface area contributed by atoms with Gasteiger partial charge in [0.1, 0.15) is 11.9 Å². The quantitative estimate of drug-likeness (QED) is 0.0670. The number of hydrogen-bond donors (Lipinski definition) is 1. The number of ether oxygens (including phenoxy) is 1. The van der Waals surface area contributed by atoms with Crippen LogP contribution in [-0.4, -0.2) is 36.3 Å². The first-order chi connectivity index (χ1) is 23.8. The molecule has 0 aliphatic heterocycles. The molecule has 2 atom stereocenters. The molecule has 2 unspecified atom stereocenters. The molecular weight excluding hydrogens is 643 g/mol. The van der Waals surface area contributed by atoms with Crippen molar-refractivity contribution in [1.29, 1.82) is 0 Å². The fraction of sp³-hybridized carbons (Fsp3) is 0.659. The summed E-state index contributed by atoms with van der Waals surface area (Å²) in [5, 5.41) is 0. The van der Waals surface area contributed by atoms with E-state index >= 15 is 0 Å². The van der Waals surface area contributed by atoms with Crippen LogP contribution in [0, 0.1) is 30.0 Å². The lowest BCUT2D eigenvalue weighted by molar-refractivity contribution is -0.117. The molecule has 0 aromatic heterocycles. The number of terminal acetylenes is 1. The van der Waals surface area contributed by atoms with Crippen molar-refractivity contribution in [1.82, 2.24) is 4.90 Å². The first-order valence-electron chi connectivity index (χ1n) is 19.2. The number of halogens is 2. The minimum Gasteiger partial charge on any atom is -0.490 e. The topological polar surface area (TPSA) is 55.6 Å². The lowest BCUT2D eigenvalue weighted by Gasteiger charge is -2.24. The normalized spacial score (nSPS) is 12.8. The third kappa shape index (κ3) is 33.9. The van der Waals surface area contributed by atoms with Gasteiger partial charge in [0.05, 0.1) is 5.76 Å². The van der Waals surface area contributed by atoms with Gasteiger partial charge in [0.25, 0.3) is 0 Å². The Kier molecular flexibility index (Phi) is 37.6. The molecule has 6 heteroatoms. The van der Waals surface area contributed by atoms with E-state index in [0.29, 0.717) is 12.3 Å². The van der Waals surface area contributed by atoms with Gasteiger partial charge in [0, 0.05) is 18.7 Å². The molecule has 50 heavy (non-hydrogen) atoms. The van der Waals surface area contributed by atoms with E-state index in [9.17, 15) is 9.18 Å². The molecule has 1 aliphatic rings. The van der Waals surface area contributed by atoms with Crippen LogP contribution >= 0.6 is 11.6 Å². The second-order valence-corrected chi connectivity index (χ2v) is 13.7. The van der Waals surface area contributed by atoms with E-state index in [1.165, 1.54) is 74.9 Å². The van der Waals surface area contributed by atoms with Crippen molar-refractivity contribution in [2.75, 3.05) is 25.5 Å². The average Bonchev–Trinajstić information content (AvgIpc) is 3.11. The molecule has 288 valence electrons. The van der Waals surface area contributed by atoms with Gasteiger partial charge in [-0.25, -0.2) is 4.39 Å². The molecule has 0 spiro atoms. The number of carbonyl (C=O) groups excluding carboxylic acids is 1. The van der Waals surface area contributed by atoms with Crippen LogP contribution in [0.2, 0.25) is 0 Å². The first kappa shape index (κ1) is 51.8. The number of benzene rings is 1. The van der Waals surface area contributed by atoms with E-state index in [2.05, 4.69) is 90.2 Å². The van der Waals surface area contributed by atoms with Crippen LogP contribution in [-0.2, 0) is 9.53 Å². The maximum absolute atomic E-state index is 13.4. The van der Waals surface area contributed by atoms with Crippen LogP contribution in [0.15, 0.2) is 59.9 Å². The first-order valence-corrected chi connectivity index (χ1v) is 19.7. The van der Waals surface area contributed by atoms with Crippen molar-refractivity contribution in [2.24, 2.45) is 17.6 Å². The maximum atomic E-state index is 13.4. The predicted octanol–water partition coefficient (Wildman–Crippen LogP) is 13.0. The average molecular weight is 720 g/mol. The highest BCUT2D eigenvalue weighted by Gasteiger charge is 2.17.